The summed E-state index contributed by atoms with van der Waals surface area (Å²) in [6, 6.07) is 0.876. The summed E-state index contributed by atoms with van der Waals surface area (Å²) in [5, 5.41) is 15.8. The number of aryl methyl sites for hydroxylation is 1. The van der Waals surface area contributed by atoms with Crippen LogP contribution in [0.4, 0.5) is 0 Å². The van der Waals surface area contributed by atoms with E-state index in [1.165, 1.54) is 38.5 Å². The van der Waals surface area contributed by atoms with Crippen LogP contribution >= 0.6 is 24.0 Å². The number of guanidine groups is 1. The molecule has 8 heteroatoms. The molecule has 0 saturated heterocycles. The lowest BCUT2D eigenvalue weighted by Crippen LogP contribution is -2.64. The first-order valence-electron chi connectivity index (χ1n) is 11.5. The van der Waals surface area contributed by atoms with E-state index in [4.69, 9.17) is 9.73 Å². The van der Waals surface area contributed by atoms with E-state index >= 15 is 0 Å². The quantitative estimate of drug-likeness (QED) is 0.228. The van der Waals surface area contributed by atoms with Gasteiger partial charge in [0.1, 0.15) is 12.4 Å². The minimum absolute atomic E-state index is 0. The van der Waals surface area contributed by atoms with Gasteiger partial charge in [0.2, 0.25) is 0 Å². The van der Waals surface area contributed by atoms with E-state index in [1.807, 2.05) is 18.5 Å². The van der Waals surface area contributed by atoms with Gasteiger partial charge in [-0.25, -0.2) is 4.99 Å². The zero-order valence-electron chi connectivity index (χ0n) is 19.4. The Bertz CT molecular complexity index is 683. The molecule has 0 bridgehead atoms. The fourth-order valence-electron chi connectivity index (χ4n) is 4.26. The van der Waals surface area contributed by atoms with Gasteiger partial charge in [-0.15, -0.1) is 34.2 Å². The molecular formula is C22H41IN6O. The Balaban J connectivity index is 0.00000320. The molecule has 2 unspecified atom stereocenters. The highest BCUT2D eigenvalue weighted by Gasteiger charge is 2.49. The second-order valence-corrected chi connectivity index (χ2v) is 9.33. The third kappa shape index (κ3) is 6.31. The van der Waals surface area contributed by atoms with Crippen LogP contribution in [0.3, 0.4) is 0 Å². The summed E-state index contributed by atoms with van der Waals surface area (Å²) >= 11 is 0. The van der Waals surface area contributed by atoms with E-state index in [2.05, 4.69) is 41.6 Å². The van der Waals surface area contributed by atoms with Gasteiger partial charge in [-0.2, -0.15) is 0 Å². The molecule has 1 aromatic rings. The third-order valence-electron chi connectivity index (χ3n) is 6.81. The van der Waals surface area contributed by atoms with Crippen LogP contribution in [0.2, 0.25) is 0 Å². The topological polar surface area (TPSA) is 76.4 Å². The Kier molecular flexibility index (Phi) is 9.84. The highest BCUT2D eigenvalue weighted by Crippen LogP contribution is 2.42. The lowest BCUT2D eigenvalue weighted by molar-refractivity contribution is -0.113. The van der Waals surface area contributed by atoms with E-state index in [0.29, 0.717) is 24.7 Å². The highest BCUT2D eigenvalue weighted by atomic mass is 127. The Hall–Kier alpha value is -0.900. The molecule has 1 heterocycles. The van der Waals surface area contributed by atoms with Gasteiger partial charge in [-0.1, -0.05) is 46.5 Å². The number of aromatic nitrogens is 3. The maximum atomic E-state index is 6.12. The number of hydrogen-bond donors (Lipinski definition) is 2. The van der Waals surface area contributed by atoms with Gasteiger partial charge in [0, 0.05) is 31.2 Å². The molecular weight excluding hydrogens is 491 g/mol. The predicted octanol–water partition coefficient (Wildman–Crippen LogP) is 4.09. The maximum Gasteiger partial charge on any atom is 0.192 e. The Labute approximate surface area is 199 Å². The van der Waals surface area contributed by atoms with Crippen molar-refractivity contribution >= 4 is 29.9 Å². The van der Waals surface area contributed by atoms with Crippen molar-refractivity contribution < 1.29 is 4.74 Å². The van der Waals surface area contributed by atoms with Gasteiger partial charge < -0.3 is 19.9 Å². The largest absolute Gasteiger partial charge is 0.378 e. The predicted molar refractivity (Wildman–Crippen MR) is 132 cm³/mol. The molecule has 2 aliphatic carbocycles. The minimum atomic E-state index is 0. The second-order valence-electron chi connectivity index (χ2n) is 9.33. The summed E-state index contributed by atoms with van der Waals surface area (Å²) in [6.07, 6.45) is 10.1. The molecule has 30 heavy (non-hydrogen) atoms. The van der Waals surface area contributed by atoms with Gasteiger partial charge >= 0.3 is 0 Å². The van der Waals surface area contributed by atoms with E-state index < -0.39 is 0 Å². The van der Waals surface area contributed by atoms with Crippen molar-refractivity contribution in [3.63, 3.8) is 0 Å². The Morgan fingerprint density at radius 3 is 2.53 bits per heavy atom. The molecule has 7 nitrogen and oxygen atoms in total. The zero-order chi connectivity index (χ0) is 20.9. The van der Waals surface area contributed by atoms with E-state index in [1.54, 1.807) is 0 Å². The van der Waals surface area contributed by atoms with Crippen molar-refractivity contribution in [2.45, 2.75) is 104 Å². The van der Waals surface area contributed by atoms with Crippen LogP contribution in [0.25, 0.3) is 0 Å². The molecule has 0 radical (unpaired) electrons. The molecule has 2 N–H and O–H groups in total. The molecule has 0 aromatic carbocycles. The van der Waals surface area contributed by atoms with Gasteiger partial charge in [0.05, 0.1) is 6.10 Å². The van der Waals surface area contributed by atoms with E-state index in [9.17, 15) is 0 Å². The summed E-state index contributed by atoms with van der Waals surface area (Å²) in [4.78, 5) is 4.88. The molecule has 2 aliphatic rings. The van der Waals surface area contributed by atoms with Crippen LogP contribution in [0.5, 0.6) is 0 Å². The molecule has 1 aromatic heterocycles. The van der Waals surface area contributed by atoms with Crippen LogP contribution in [-0.2, 0) is 18.3 Å². The first kappa shape index (κ1) is 25.4. The molecule has 0 spiro atoms. The number of ether oxygens (including phenoxy) is 1. The fourth-order valence-corrected chi connectivity index (χ4v) is 4.26. The van der Waals surface area contributed by atoms with Gasteiger partial charge in [-0.05, 0) is 32.6 Å². The lowest BCUT2D eigenvalue weighted by atomic mass is 9.64. The second kappa shape index (κ2) is 11.6. The number of nitrogens with one attached hydrogen (secondary N) is 2. The average molecular weight is 533 g/mol. The van der Waals surface area contributed by atoms with Crippen LogP contribution in [0.15, 0.2) is 4.99 Å². The van der Waals surface area contributed by atoms with E-state index in [0.717, 1.165) is 37.1 Å². The van der Waals surface area contributed by atoms with Crippen LogP contribution in [0, 0.1) is 12.3 Å². The summed E-state index contributed by atoms with van der Waals surface area (Å²) < 4.78 is 8.13. The smallest absolute Gasteiger partial charge is 0.192 e. The standard InChI is InChI=1S/C22H40N6O.HI/c1-6-7-13-29-19-14-18(22(19,3)4)25-21(24-17-11-9-8-10-12-17)23-15-20-27-26-16(2)28(20)5;/h17-19H,6-15H2,1-5H3,(H2,23,24,25);1H. The van der Waals surface area contributed by atoms with Crippen LogP contribution in [0.1, 0.15) is 83.8 Å². The number of unbranched alkanes of at least 4 members (excludes halogenated alkanes) is 1. The molecule has 3 rings (SSSR count). The number of hydrogen-bond acceptors (Lipinski definition) is 4. The summed E-state index contributed by atoms with van der Waals surface area (Å²) in [7, 11) is 2.00. The van der Waals surface area contributed by atoms with Crippen molar-refractivity contribution in [1.82, 2.24) is 25.4 Å². The molecule has 2 saturated carbocycles. The normalized spacial score (nSPS) is 24.1. The van der Waals surface area contributed by atoms with Crippen molar-refractivity contribution in [3.05, 3.63) is 11.6 Å². The minimum Gasteiger partial charge on any atom is -0.378 e. The molecule has 0 amide bonds. The zero-order valence-corrected chi connectivity index (χ0v) is 21.7. The number of aliphatic imine (C=N–C) groups is 1. The SMILES string of the molecule is CCCCOC1CC(NC(=NCc2nnc(C)n2C)NC2CCCCC2)C1(C)C.I. The van der Waals surface area contributed by atoms with Crippen molar-refractivity contribution in [2.75, 3.05) is 6.61 Å². The van der Waals surface area contributed by atoms with E-state index in [-0.39, 0.29) is 29.4 Å². The molecule has 2 atom stereocenters. The van der Waals surface area contributed by atoms with Crippen molar-refractivity contribution in [1.29, 1.82) is 0 Å². The monoisotopic (exact) mass is 532 g/mol. The van der Waals surface area contributed by atoms with Crippen LogP contribution in [-0.4, -0.2) is 45.5 Å². The van der Waals surface area contributed by atoms with Crippen molar-refractivity contribution in [2.24, 2.45) is 17.5 Å². The van der Waals surface area contributed by atoms with Gasteiger partial charge in [0.25, 0.3) is 0 Å². The first-order chi connectivity index (χ1) is 13.9. The third-order valence-corrected chi connectivity index (χ3v) is 6.81. The lowest BCUT2D eigenvalue weighted by Gasteiger charge is -2.52. The maximum absolute atomic E-state index is 6.12. The molecule has 0 aliphatic heterocycles. The fraction of sp³-hybridized carbons (Fsp3) is 0.864. The average Bonchev–Trinajstić information content (AvgIpc) is 3.03. The highest BCUT2D eigenvalue weighted by molar-refractivity contribution is 14.0. The summed E-state index contributed by atoms with van der Waals surface area (Å²) in [5.74, 6) is 2.71. The van der Waals surface area contributed by atoms with Gasteiger partial charge in [0.15, 0.2) is 11.8 Å². The summed E-state index contributed by atoms with van der Waals surface area (Å²) in [6.45, 7) is 10.2. The number of rotatable bonds is 8. The number of halogens is 1. The Morgan fingerprint density at radius 2 is 1.93 bits per heavy atom. The van der Waals surface area contributed by atoms with Crippen molar-refractivity contribution in [3.8, 4) is 0 Å². The molecule has 2 fully saturated rings. The number of nitrogens with zero attached hydrogens (tertiary/aromatic N) is 4. The first-order valence-corrected chi connectivity index (χ1v) is 11.5. The van der Waals surface area contributed by atoms with Gasteiger partial charge in [-0.3, -0.25) is 0 Å². The Morgan fingerprint density at radius 1 is 1.20 bits per heavy atom. The van der Waals surface area contributed by atoms with Crippen LogP contribution < -0.4 is 10.6 Å². The molecule has 172 valence electrons. The summed E-state index contributed by atoms with van der Waals surface area (Å²) in [5.41, 5.74) is 0.101.